The van der Waals surface area contributed by atoms with Gasteiger partial charge in [0.15, 0.2) is 5.69 Å². The fourth-order valence-electron chi connectivity index (χ4n) is 0.826. The van der Waals surface area contributed by atoms with Crippen LogP contribution in [0.5, 0.6) is 5.88 Å². The van der Waals surface area contributed by atoms with Crippen molar-refractivity contribution in [3.63, 3.8) is 0 Å². The van der Waals surface area contributed by atoms with Crippen molar-refractivity contribution in [2.75, 3.05) is 7.11 Å². The summed E-state index contributed by atoms with van der Waals surface area (Å²) >= 11 is 0. The lowest BCUT2D eigenvalue weighted by atomic mass is 10.4. The number of hydrogen-bond acceptors (Lipinski definition) is 4. The molecule has 0 aliphatic heterocycles. The second kappa shape index (κ2) is 3.22. The van der Waals surface area contributed by atoms with E-state index in [0.717, 1.165) is 0 Å². The minimum Gasteiger partial charge on any atom is -0.481 e. The van der Waals surface area contributed by atoms with Crippen LogP contribution in [-0.2, 0) is 7.05 Å². The average molecular weight is 170 g/mol. The first-order valence-corrected chi connectivity index (χ1v) is 3.28. The Labute approximate surface area is 69.3 Å². The Balaban J connectivity index is 2.96. The van der Waals surface area contributed by atoms with E-state index >= 15 is 0 Å². The van der Waals surface area contributed by atoms with Crippen LogP contribution >= 0.6 is 0 Å². The number of carbonyl (C=O) groups excluding carboxylic acids is 1. The highest BCUT2D eigenvalue weighted by Gasteiger charge is 2.10. The van der Waals surface area contributed by atoms with Gasteiger partial charge in [-0.05, 0) is 0 Å². The van der Waals surface area contributed by atoms with Crippen LogP contribution in [-0.4, -0.2) is 22.8 Å². The maximum absolute atomic E-state index is 10.9. The summed E-state index contributed by atoms with van der Waals surface area (Å²) in [5.74, 6) is 4.99. The molecule has 0 aliphatic carbocycles. The summed E-state index contributed by atoms with van der Waals surface area (Å²) in [5, 5.41) is 3.85. The number of nitrogens with one attached hydrogen (secondary N) is 1. The standard InChI is InChI=1S/C6H10N4O2/c1-10-5(12-2)3-4(9-10)6(11)8-7/h3H,7H2,1-2H3,(H,8,11). The van der Waals surface area contributed by atoms with E-state index in [0.29, 0.717) is 5.88 Å². The number of hydrogen-bond donors (Lipinski definition) is 2. The molecule has 1 aromatic heterocycles. The van der Waals surface area contributed by atoms with E-state index in [9.17, 15) is 4.79 Å². The Morgan fingerprint density at radius 2 is 2.50 bits per heavy atom. The zero-order valence-corrected chi connectivity index (χ0v) is 6.87. The molecule has 0 bridgehead atoms. The molecule has 0 fully saturated rings. The Bertz CT molecular complexity index is 294. The number of amides is 1. The predicted octanol–water partition coefficient (Wildman–Crippen LogP) is -0.968. The van der Waals surface area contributed by atoms with Crippen LogP contribution in [0.25, 0.3) is 0 Å². The third kappa shape index (κ3) is 1.37. The molecule has 1 rings (SSSR count). The van der Waals surface area contributed by atoms with Gasteiger partial charge in [0.25, 0.3) is 5.91 Å². The number of aryl methyl sites for hydroxylation is 1. The van der Waals surface area contributed by atoms with Crippen LogP contribution in [0.3, 0.4) is 0 Å². The summed E-state index contributed by atoms with van der Waals surface area (Å²) in [4.78, 5) is 10.9. The Morgan fingerprint density at radius 1 is 1.83 bits per heavy atom. The lowest BCUT2D eigenvalue weighted by Crippen LogP contribution is -2.30. The van der Waals surface area contributed by atoms with Crippen molar-refractivity contribution in [1.82, 2.24) is 15.2 Å². The van der Waals surface area contributed by atoms with Crippen LogP contribution < -0.4 is 16.0 Å². The van der Waals surface area contributed by atoms with Crippen molar-refractivity contribution in [3.05, 3.63) is 11.8 Å². The molecule has 0 atom stereocenters. The van der Waals surface area contributed by atoms with E-state index in [-0.39, 0.29) is 5.69 Å². The second-order valence-corrected chi connectivity index (χ2v) is 2.17. The summed E-state index contributed by atoms with van der Waals surface area (Å²) in [7, 11) is 3.17. The highest BCUT2D eigenvalue weighted by molar-refractivity contribution is 5.92. The van der Waals surface area contributed by atoms with Gasteiger partial charge in [-0.25, -0.2) is 10.5 Å². The molecule has 0 radical (unpaired) electrons. The molecule has 0 saturated heterocycles. The molecule has 0 aromatic carbocycles. The highest BCUT2D eigenvalue weighted by atomic mass is 16.5. The number of aromatic nitrogens is 2. The van der Waals surface area contributed by atoms with E-state index in [4.69, 9.17) is 10.6 Å². The second-order valence-electron chi connectivity index (χ2n) is 2.17. The number of hydrazine groups is 1. The van der Waals surface area contributed by atoms with E-state index in [1.807, 2.05) is 5.43 Å². The molecule has 1 heterocycles. The van der Waals surface area contributed by atoms with Crippen LogP contribution in [0.4, 0.5) is 0 Å². The first-order valence-electron chi connectivity index (χ1n) is 3.28. The minimum atomic E-state index is -0.436. The number of nitrogens with two attached hydrogens (primary N) is 1. The van der Waals surface area contributed by atoms with Gasteiger partial charge in [0, 0.05) is 13.1 Å². The number of ether oxygens (including phenoxy) is 1. The highest BCUT2D eigenvalue weighted by Crippen LogP contribution is 2.10. The maximum Gasteiger partial charge on any atom is 0.285 e. The first-order chi connectivity index (χ1) is 5.69. The predicted molar refractivity (Wildman–Crippen MR) is 41.4 cm³/mol. The maximum atomic E-state index is 10.9. The molecule has 1 aromatic rings. The van der Waals surface area contributed by atoms with Gasteiger partial charge < -0.3 is 4.74 Å². The molecule has 1 amide bonds. The molecule has 0 saturated carbocycles. The quantitative estimate of drug-likeness (QED) is 0.340. The van der Waals surface area contributed by atoms with Gasteiger partial charge in [-0.2, -0.15) is 5.10 Å². The fraction of sp³-hybridized carbons (Fsp3) is 0.333. The van der Waals surface area contributed by atoms with Gasteiger partial charge in [-0.1, -0.05) is 0 Å². The lowest BCUT2D eigenvalue weighted by molar-refractivity contribution is 0.0948. The fourth-order valence-corrected chi connectivity index (χ4v) is 0.826. The zero-order valence-electron chi connectivity index (χ0n) is 6.87. The molecular weight excluding hydrogens is 160 g/mol. The summed E-state index contributed by atoms with van der Waals surface area (Å²) in [6.07, 6.45) is 0. The summed E-state index contributed by atoms with van der Waals surface area (Å²) in [6, 6.07) is 1.50. The van der Waals surface area contributed by atoms with Crippen molar-refractivity contribution < 1.29 is 9.53 Å². The van der Waals surface area contributed by atoms with Gasteiger partial charge in [0.05, 0.1) is 7.11 Å². The molecule has 6 heteroatoms. The number of methoxy groups -OCH3 is 1. The molecule has 3 N–H and O–H groups in total. The topological polar surface area (TPSA) is 82.2 Å². The third-order valence-electron chi connectivity index (χ3n) is 1.41. The van der Waals surface area contributed by atoms with E-state index < -0.39 is 5.91 Å². The van der Waals surface area contributed by atoms with Gasteiger partial charge in [-0.3, -0.25) is 10.2 Å². The molecule has 66 valence electrons. The van der Waals surface area contributed by atoms with Crippen LogP contribution in [0.15, 0.2) is 6.07 Å². The summed E-state index contributed by atoms with van der Waals surface area (Å²) in [6.45, 7) is 0. The van der Waals surface area contributed by atoms with Crippen molar-refractivity contribution in [2.24, 2.45) is 12.9 Å². The number of nitrogen functional groups attached to an aromatic ring is 1. The Morgan fingerprint density at radius 3 is 2.92 bits per heavy atom. The molecule has 12 heavy (non-hydrogen) atoms. The number of carbonyl (C=O) groups is 1. The molecule has 6 nitrogen and oxygen atoms in total. The monoisotopic (exact) mass is 170 g/mol. The Kier molecular flexibility index (Phi) is 2.29. The van der Waals surface area contributed by atoms with E-state index in [2.05, 4.69) is 5.10 Å². The summed E-state index contributed by atoms with van der Waals surface area (Å²) in [5.41, 5.74) is 2.21. The normalized spacial score (nSPS) is 9.58. The van der Waals surface area contributed by atoms with Gasteiger partial charge in [-0.15, -0.1) is 0 Å². The van der Waals surface area contributed by atoms with Gasteiger partial charge in [0.1, 0.15) is 0 Å². The molecule has 0 aliphatic rings. The average Bonchev–Trinajstić information content (AvgIpc) is 2.45. The van der Waals surface area contributed by atoms with E-state index in [1.165, 1.54) is 17.9 Å². The minimum absolute atomic E-state index is 0.233. The summed E-state index contributed by atoms with van der Waals surface area (Å²) < 4.78 is 6.35. The van der Waals surface area contributed by atoms with Crippen LogP contribution in [0, 0.1) is 0 Å². The molecule has 0 spiro atoms. The van der Waals surface area contributed by atoms with Gasteiger partial charge in [0.2, 0.25) is 5.88 Å². The van der Waals surface area contributed by atoms with Gasteiger partial charge >= 0.3 is 0 Å². The van der Waals surface area contributed by atoms with Crippen molar-refractivity contribution in [3.8, 4) is 5.88 Å². The zero-order chi connectivity index (χ0) is 9.14. The molecule has 0 unspecified atom stereocenters. The van der Waals surface area contributed by atoms with E-state index in [1.54, 1.807) is 7.05 Å². The third-order valence-corrected chi connectivity index (χ3v) is 1.41. The van der Waals surface area contributed by atoms with Crippen LogP contribution in [0.1, 0.15) is 10.5 Å². The van der Waals surface area contributed by atoms with Crippen LogP contribution in [0.2, 0.25) is 0 Å². The largest absolute Gasteiger partial charge is 0.481 e. The smallest absolute Gasteiger partial charge is 0.285 e. The molecular formula is C6H10N4O2. The first kappa shape index (κ1) is 8.54. The number of rotatable bonds is 2. The van der Waals surface area contributed by atoms with Crippen molar-refractivity contribution >= 4 is 5.91 Å². The van der Waals surface area contributed by atoms with Crippen molar-refractivity contribution in [1.29, 1.82) is 0 Å². The van der Waals surface area contributed by atoms with Crippen molar-refractivity contribution in [2.45, 2.75) is 0 Å². The Hall–Kier alpha value is -1.56. The lowest BCUT2D eigenvalue weighted by Gasteiger charge is -1.95. The number of nitrogens with zero attached hydrogens (tertiary/aromatic N) is 2. The SMILES string of the molecule is COc1cc(C(=O)NN)nn1C.